The van der Waals surface area contributed by atoms with Crippen LogP contribution in [0, 0.1) is 13.8 Å². The normalized spacial score (nSPS) is 14.4. The fourth-order valence-electron chi connectivity index (χ4n) is 2.89. The lowest BCUT2D eigenvalue weighted by Crippen LogP contribution is -2.25. The number of nitrogens with zero attached hydrogens (tertiary/aromatic N) is 1. The van der Waals surface area contributed by atoms with Gasteiger partial charge in [0.25, 0.3) is 5.56 Å². The predicted molar refractivity (Wildman–Crippen MR) is 86.1 cm³/mol. The molecule has 116 valence electrons. The summed E-state index contributed by atoms with van der Waals surface area (Å²) in [7, 11) is 0. The van der Waals surface area contributed by atoms with E-state index in [-0.39, 0.29) is 17.7 Å². The maximum absolute atomic E-state index is 12.7. The molecule has 4 nitrogen and oxygen atoms in total. The van der Waals surface area contributed by atoms with Gasteiger partial charge in [-0.15, -0.1) is 0 Å². The van der Waals surface area contributed by atoms with E-state index in [9.17, 15) is 9.59 Å². The second-order valence-corrected chi connectivity index (χ2v) is 6.16. The number of aromatic nitrogens is 1. The average molecular weight is 320 g/mol. The van der Waals surface area contributed by atoms with E-state index in [1.54, 1.807) is 23.6 Å². The largest absolute Gasteiger partial charge is 0.462 e. The van der Waals surface area contributed by atoms with E-state index in [4.69, 9.17) is 16.3 Å². The molecule has 22 heavy (non-hydrogen) atoms. The van der Waals surface area contributed by atoms with Gasteiger partial charge in [-0.1, -0.05) is 11.6 Å². The maximum Gasteiger partial charge on any atom is 0.343 e. The van der Waals surface area contributed by atoms with Gasteiger partial charge in [-0.25, -0.2) is 4.79 Å². The van der Waals surface area contributed by atoms with Gasteiger partial charge in [-0.2, -0.15) is 0 Å². The first-order valence-corrected chi connectivity index (χ1v) is 7.85. The third-order valence-electron chi connectivity index (χ3n) is 4.13. The first-order chi connectivity index (χ1) is 10.5. The van der Waals surface area contributed by atoms with Crippen molar-refractivity contribution in [2.24, 2.45) is 0 Å². The molecule has 0 radical (unpaired) electrons. The number of hydrogen-bond acceptors (Lipinski definition) is 3. The molecular formula is C17H18ClNO3. The number of pyridine rings is 2. The van der Waals surface area contributed by atoms with Crippen molar-refractivity contribution < 1.29 is 9.53 Å². The third kappa shape index (κ3) is 2.31. The predicted octanol–water partition coefficient (Wildman–Crippen LogP) is 3.62. The molecule has 0 aliphatic heterocycles. The van der Waals surface area contributed by atoms with Gasteiger partial charge in [0.1, 0.15) is 5.56 Å². The van der Waals surface area contributed by atoms with Gasteiger partial charge in [0, 0.05) is 11.2 Å². The summed E-state index contributed by atoms with van der Waals surface area (Å²) in [6, 6.07) is 1.70. The molecule has 0 atom stereocenters. The molecule has 1 aliphatic rings. The first kappa shape index (κ1) is 15.1. The Morgan fingerprint density at radius 1 is 1.41 bits per heavy atom. The Balaban J connectivity index is 2.38. The summed E-state index contributed by atoms with van der Waals surface area (Å²) in [4.78, 5) is 24.8. The molecule has 0 bridgehead atoms. The topological polar surface area (TPSA) is 47.8 Å². The number of hydrogen-bond donors (Lipinski definition) is 0. The van der Waals surface area contributed by atoms with Crippen LogP contribution in [0.5, 0.6) is 0 Å². The highest BCUT2D eigenvalue weighted by Crippen LogP contribution is 2.43. The number of halogens is 1. The van der Waals surface area contributed by atoms with Gasteiger partial charge in [0.2, 0.25) is 0 Å². The van der Waals surface area contributed by atoms with Gasteiger partial charge in [0.05, 0.1) is 12.1 Å². The summed E-state index contributed by atoms with van der Waals surface area (Å²) in [5, 5.41) is 0.671. The van der Waals surface area contributed by atoms with E-state index in [0.717, 1.165) is 35.0 Å². The summed E-state index contributed by atoms with van der Waals surface area (Å²) in [6.07, 6.45) is 3.85. The van der Waals surface area contributed by atoms with Crippen LogP contribution in [0.15, 0.2) is 17.1 Å². The summed E-state index contributed by atoms with van der Waals surface area (Å²) in [5.41, 5.74) is 3.30. The number of carbonyl (C=O) groups excluding carboxylic acids is 1. The number of carbonyl (C=O) groups is 1. The highest BCUT2D eigenvalue weighted by atomic mass is 35.5. The lowest BCUT2D eigenvalue weighted by Gasteiger charge is -2.15. The van der Waals surface area contributed by atoms with Crippen molar-refractivity contribution in [1.29, 1.82) is 0 Å². The second kappa shape index (κ2) is 5.43. The fraction of sp³-hybridized carbons (Fsp3) is 0.412. The minimum atomic E-state index is -0.561. The Hall–Kier alpha value is -1.81. The van der Waals surface area contributed by atoms with Crippen molar-refractivity contribution in [1.82, 2.24) is 4.40 Å². The Bertz CT molecular complexity index is 834. The molecule has 0 saturated heterocycles. The number of esters is 1. The lowest BCUT2D eigenvalue weighted by molar-refractivity contribution is 0.0524. The van der Waals surface area contributed by atoms with Crippen LogP contribution in [0.1, 0.15) is 52.7 Å². The van der Waals surface area contributed by atoms with Crippen molar-refractivity contribution >= 4 is 23.1 Å². The third-order valence-corrected chi connectivity index (χ3v) is 4.71. The van der Waals surface area contributed by atoms with E-state index >= 15 is 0 Å². The van der Waals surface area contributed by atoms with Crippen LogP contribution in [0.25, 0.3) is 5.52 Å². The Labute approximate surface area is 133 Å². The fourth-order valence-corrected chi connectivity index (χ4v) is 3.03. The molecule has 0 aromatic carbocycles. The van der Waals surface area contributed by atoms with Crippen molar-refractivity contribution in [3.05, 3.63) is 49.9 Å². The molecular weight excluding hydrogens is 302 g/mol. The van der Waals surface area contributed by atoms with Crippen LogP contribution < -0.4 is 5.56 Å². The summed E-state index contributed by atoms with van der Waals surface area (Å²) in [6.45, 7) is 5.75. The van der Waals surface area contributed by atoms with Gasteiger partial charge >= 0.3 is 5.97 Å². The molecule has 5 heteroatoms. The average Bonchev–Trinajstić information content (AvgIpc) is 3.30. The molecule has 0 unspecified atom stereocenters. The van der Waals surface area contributed by atoms with Crippen LogP contribution >= 0.6 is 11.6 Å². The highest BCUT2D eigenvalue weighted by molar-refractivity contribution is 6.32. The highest BCUT2D eigenvalue weighted by Gasteiger charge is 2.29. The van der Waals surface area contributed by atoms with Crippen LogP contribution in [0.4, 0.5) is 0 Å². The van der Waals surface area contributed by atoms with E-state index < -0.39 is 5.97 Å². The quantitative estimate of drug-likeness (QED) is 0.812. The Morgan fingerprint density at radius 2 is 2.09 bits per heavy atom. The van der Waals surface area contributed by atoms with E-state index in [0.29, 0.717) is 10.9 Å². The van der Waals surface area contributed by atoms with Crippen LogP contribution in [-0.4, -0.2) is 17.0 Å². The molecule has 2 aromatic rings. The summed E-state index contributed by atoms with van der Waals surface area (Å²) >= 11 is 6.35. The smallest absolute Gasteiger partial charge is 0.343 e. The number of rotatable bonds is 3. The van der Waals surface area contributed by atoms with Crippen molar-refractivity contribution in [3.63, 3.8) is 0 Å². The molecule has 2 aromatic heterocycles. The molecule has 0 N–H and O–H groups in total. The minimum Gasteiger partial charge on any atom is -0.462 e. The molecule has 3 rings (SSSR count). The van der Waals surface area contributed by atoms with Gasteiger partial charge in [0.15, 0.2) is 0 Å². The molecule has 0 spiro atoms. The zero-order chi connectivity index (χ0) is 16.0. The Kier molecular flexibility index (Phi) is 3.73. The van der Waals surface area contributed by atoms with Gasteiger partial charge in [-0.05, 0) is 62.3 Å². The Morgan fingerprint density at radius 3 is 2.68 bits per heavy atom. The lowest BCUT2D eigenvalue weighted by atomic mass is 10.0. The molecule has 0 amide bonds. The van der Waals surface area contributed by atoms with Gasteiger partial charge < -0.3 is 4.74 Å². The van der Waals surface area contributed by atoms with Crippen LogP contribution in [0.2, 0.25) is 5.02 Å². The second-order valence-electron chi connectivity index (χ2n) is 5.78. The van der Waals surface area contributed by atoms with Crippen LogP contribution in [-0.2, 0) is 4.74 Å². The van der Waals surface area contributed by atoms with E-state index in [1.807, 2.05) is 13.8 Å². The molecule has 1 fully saturated rings. The van der Waals surface area contributed by atoms with E-state index in [2.05, 4.69) is 0 Å². The number of fused-ring (bicyclic) bond motifs is 1. The minimum absolute atomic E-state index is 0.0994. The maximum atomic E-state index is 12.7. The number of ether oxygens (including phenoxy) is 1. The first-order valence-electron chi connectivity index (χ1n) is 7.47. The SMILES string of the molecule is CCOC(=O)c1cc(C2CC2)c2c(C)c(Cl)c(C)cn2c1=O. The standard InChI is InChI=1S/C17H18ClNO3/c1-4-22-17(21)13-7-12(11-5-6-11)15-10(3)14(18)9(2)8-19(15)16(13)20/h7-8,11H,4-6H2,1-3H3. The number of aryl methyl sites for hydroxylation is 2. The zero-order valence-electron chi connectivity index (χ0n) is 12.9. The van der Waals surface area contributed by atoms with Crippen molar-refractivity contribution in [2.75, 3.05) is 6.61 Å². The van der Waals surface area contributed by atoms with E-state index in [1.165, 1.54) is 0 Å². The zero-order valence-corrected chi connectivity index (χ0v) is 13.7. The monoisotopic (exact) mass is 319 g/mol. The summed E-state index contributed by atoms with van der Waals surface area (Å²) < 4.78 is 6.57. The van der Waals surface area contributed by atoms with Crippen LogP contribution in [0.3, 0.4) is 0 Å². The summed E-state index contributed by atoms with van der Waals surface area (Å²) in [5.74, 6) is -0.171. The molecule has 2 heterocycles. The van der Waals surface area contributed by atoms with Crippen molar-refractivity contribution in [3.8, 4) is 0 Å². The molecule has 1 aliphatic carbocycles. The van der Waals surface area contributed by atoms with Crippen molar-refractivity contribution in [2.45, 2.75) is 39.5 Å². The molecule has 1 saturated carbocycles. The van der Waals surface area contributed by atoms with Gasteiger partial charge in [-0.3, -0.25) is 9.20 Å².